The van der Waals surface area contributed by atoms with Crippen LogP contribution in [0.1, 0.15) is 33.0 Å². The highest BCUT2D eigenvalue weighted by Gasteiger charge is 2.30. The molecule has 1 N–H and O–H groups in total. The first-order chi connectivity index (χ1) is 26.7. The fraction of sp³-hybridized carbons (Fsp3) is 0.0227. The van der Waals surface area contributed by atoms with Crippen LogP contribution < -0.4 is 4.74 Å². The summed E-state index contributed by atoms with van der Waals surface area (Å²) in [7, 11) is -3.06. The molecule has 0 unspecified atom stereocenters. The molecule has 6 nitrogen and oxygen atoms in total. The number of hydrogen-bond donors (Lipinski definition) is 1. The number of rotatable bonds is 9. The van der Waals surface area contributed by atoms with Crippen molar-refractivity contribution in [3.8, 4) is 33.9 Å². The maximum absolute atomic E-state index is 15.1. The van der Waals surface area contributed by atoms with E-state index in [0.717, 1.165) is 10.0 Å². The van der Waals surface area contributed by atoms with E-state index in [0.29, 0.717) is 44.9 Å². The molecule has 1 aliphatic heterocycles. The van der Waals surface area contributed by atoms with E-state index in [1.807, 2.05) is 24.3 Å². The van der Waals surface area contributed by atoms with Crippen molar-refractivity contribution in [1.82, 2.24) is 4.48 Å². The van der Waals surface area contributed by atoms with Crippen LogP contribution in [-0.2, 0) is 0 Å². The molecule has 0 spiro atoms. The van der Waals surface area contributed by atoms with Crippen molar-refractivity contribution < 1.29 is 32.1 Å². The second-order valence-corrected chi connectivity index (χ2v) is 12.8. The number of benzene rings is 5. The fourth-order valence-corrected chi connectivity index (χ4v) is 6.46. The van der Waals surface area contributed by atoms with E-state index in [1.165, 1.54) is 66.7 Å². The molecule has 2 heterocycles. The van der Waals surface area contributed by atoms with Crippen LogP contribution in [0.5, 0.6) is 11.5 Å². The number of nitrogens with zero attached hydrogens (tertiary/aromatic N) is 3. The molecular weight excluding hydrogens is 705 g/mol. The zero-order chi connectivity index (χ0) is 38.1. The molecule has 0 saturated carbocycles. The number of ether oxygens (including phenoxy) is 1. The normalized spacial score (nSPS) is 14.4. The first-order valence-corrected chi connectivity index (χ1v) is 17.2. The molecule has 55 heavy (non-hydrogen) atoms. The number of hydrogen-bond acceptors (Lipinski definition) is 4. The lowest BCUT2D eigenvalue weighted by atomic mass is 10.00. The third-order valence-electron chi connectivity index (χ3n) is 9.28. The van der Waals surface area contributed by atoms with Gasteiger partial charge in [0.2, 0.25) is 0 Å². The molecule has 1 aliphatic carbocycles. The minimum absolute atomic E-state index is 0.0358. The fourth-order valence-electron chi connectivity index (χ4n) is 6.46. The molecule has 0 bridgehead atoms. The van der Waals surface area contributed by atoms with Gasteiger partial charge in [0.15, 0.2) is 5.84 Å². The van der Waals surface area contributed by atoms with Gasteiger partial charge in [0.05, 0.1) is 11.3 Å². The van der Waals surface area contributed by atoms with Crippen LogP contribution in [0.25, 0.3) is 28.0 Å². The van der Waals surface area contributed by atoms with Crippen LogP contribution in [0, 0.1) is 11.6 Å². The second-order valence-electron chi connectivity index (χ2n) is 12.8. The topological polar surface area (TPSA) is 76.2 Å². The van der Waals surface area contributed by atoms with E-state index in [4.69, 9.17) is 14.7 Å². The zero-order valence-corrected chi connectivity index (χ0v) is 28.8. The number of aromatic hydroxyl groups is 1. The maximum Gasteiger partial charge on any atom is 0.679 e. The molecule has 6 aromatic rings. The average molecular weight is 734 g/mol. The number of phenols is 1. The number of carbonyl (C=O) groups is 1. The summed E-state index contributed by atoms with van der Waals surface area (Å²) in [6, 6.07) is 32.3. The van der Waals surface area contributed by atoms with Gasteiger partial charge < -0.3 is 14.3 Å². The monoisotopic (exact) mass is 733 g/mol. The number of aromatic nitrogens is 1. The summed E-state index contributed by atoms with van der Waals surface area (Å²) in [6.07, 6.45) is 9.81. The number of halogens is 4. The molecule has 0 radical (unpaired) electrons. The summed E-state index contributed by atoms with van der Waals surface area (Å²) in [5.41, 5.74) is 4.67. The van der Waals surface area contributed by atoms with E-state index in [2.05, 4.69) is 12.2 Å². The number of esters is 1. The number of phenolic OH excluding ortho intramolecular Hbond substituents is 1. The SMILES string of the molecule is O=C(Oc1ccc(C2=N/C(=N\c3c(-c4ccc(F)cc4)cc(-c4ccc(O)cc4)n3B(F)F)C(c3ccc(F)cc3)=C2)cc1)c1ccc(C2C=CC=C2)cc1. The minimum Gasteiger partial charge on any atom is -0.508 e. The summed E-state index contributed by atoms with van der Waals surface area (Å²) in [5, 5.41) is 9.87. The molecule has 268 valence electrons. The van der Waals surface area contributed by atoms with Crippen LogP contribution in [0.2, 0.25) is 0 Å². The molecule has 2 aliphatic rings. The molecule has 1 aromatic heterocycles. The smallest absolute Gasteiger partial charge is 0.508 e. The molecule has 0 atom stereocenters. The van der Waals surface area contributed by atoms with Gasteiger partial charge in [0.1, 0.15) is 29.0 Å². The zero-order valence-electron chi connectivity index (χ0n) is 28.8. The minimum atomic E-state index is -3.06. The van der Waals surface area contributed by atoms with E-state index < -0.39 is 25.0 Å². The average Bonchev–Trinajstić information content (AvgIpc) is 3.97. The van der Waals surface area contributed by atoms with E-state index in [9.17, 15) is 18.7 Å². The highest BCUT2D eigenvalue weighted by Crippen LogP contribution is 2.41. The highest BCUT2D eigenvalue weighted by molar-refractivity contribution is 6.43. The van der Waals surface area contributed by atoms with Gasteiger partial charge in [0, 0.05) is 28.3 Å². The third-order valence-corrected chi connectivity index (χ3v) is 9.28. The first-order valence-electron chi connectivity index (χ1n) is 17.2. The van der Waals surface area contributed by atoms with Crippen molar-refractivity contribution in [3.63, 3.8) is 0 Å². The number of carbonyl (C=O) groups excluding carboxylic acids is 1. The Morgan fingerprint density at radius 1 is 0.727 bits per heavy atom. The van der Waals surface area contributed by atoms with E-state index >= 15 is 8.63 Å². The Morgan fingerprint density at radius 3 is 1.93 bits per heavy atom. The first kappa shape index (κ1) is 35.0. The Bertz CT molecular complexity index is 2540. The summed E-state index contributed by atoms with van der Waals surface area (Å²) >= 11 is 0. The molecule has 11 heteroatoms. The van der Waals surface area contributed by atoms with Gasteiger partial charge in [-0.25, -0.2) is 23.6 Å². The predicted molar refractivity (Wildman–Crippen MR) is 207 cm³/mol. The van der Waals surface area contributed by atoms with E-state index in [1.54, 1.807) is 54.6 Å². The van der Waals surface area contributed by atoms with E-state index in [-0.39, 0.29) is 34.6 Å². The third kappa shape index (κ3) is 7.32. The van der Waals surface area contributed by atoms with Gasteiger partial charge in [-0.3, -0.25) is 8.63 Å². The van der Waals surface area contributed by atoms with Crippen LogP contribution >= 0.6 is 0 Å². The summed E-state index contributed by atoms with van der Waals surface area (Å²) in [4.78, 5) is 22.5. The Hall–Kier alpha value is -7.01. The van der Waals surface area contributed by atoms with Crippen molar-refractivity contribution in [2.75, 3.05) is 0 Å². The van der Waals surface area contributed by atoms with Crippen LogP contribution in [0.4, 0.5) is 23.2 Å². The molecule has 5 aromatic carbocycles. The van der Waals surface area contributed by atoms with Crippen LogP contribution in [-0.4, -0.2) is 34.5 Å². The van der Waals surface area contributed by atoms with Crippen molar-refractivity contribution in [2.24, 2.45) is 9.98 Å². The van der Waals surface area contributed by atoms with Gasteiger partial charge >= 0.3 is 13.4 Å². The van der Waals surface area contributed by atoms with Gasteiger partial charge in [-0.05, 0) is 119 Å². The molecule has 8 rings (SSSR count). The lowest BCUT2D eigenvalue weighted by Gasteiger charge is -2.10. The molecular formula is C44H28BF4N3O3. The largest absolute Gasteiger partial charge is 0.679 e. The quantitative estimate of drug-likeness (QED) is 0.0696. The molecule has 0 saturated heterocycles. The molecule has 0 fully saturated rings. The summed E-state index contributed by atoms with van der Waals surface area (Å²) in [5.74, 6) is -1.12. The second kappa shape index (κ2) is 14.8. The maximum atomic E-state index is 15.1. The Balaban J connectivity index is 1.17. The summed E-state index contributed by atoms with van der Waals surface area (Å²) < 4.78 is 64.6. The predicted octanol–water partition coefficient (Wildman–Crippen LogP) is 10.6. The van der Waals surface area contributed by atoms with Crippen LogP contribution in [0.15, 0.2) is 168 Å². The number of aliphatic imine (C=N–C) groups is 2. The Morgan fingerprint density at radius 2 is 1.31 bits per heavy atom. The van der Waals surface area contributed by atoms with Crippen molar-refractivity contribution in [3.05, 3.63) is 192 Å². The van der Waals surface area contributed by atoms with Gasteiger partial charge in [-0.15, -0.1) is 0 Å². The van der Waals surface area contributed by atoms with Gasteiger partial charge in [0.25, 0.3) is 0 Å². The molecule has 0 amide bonds. The number of allylic oxidation sites excluding steroid dienone is 5. The standard InChI is InChI=1S/C44H28BF4N3O3/c46-34-17-9-29(10-18-34)38-25-40(31-15-23-37(24-16-31)55-44(54)33-7-5-28(6-8-33)27-3-1-2-4-27)50-42(38)51-43-39(30-11-19-35(47)20-12-30)26-41(52(43)45(48)49)32-13-21-36(53)22-14-32/h1-27,53H/b51-42-. The van der Waals surface area contributed by atoms with Crippen molar-refractivity contribution >= 4 is 36.3 Å². The number of amidine groups is 1. The Labute approximate surface area is 313 Å². The van der Waals surface area contributed by atoms with Crippen molar-refractivity contribution in [2.45, 2.75) is 5.92 Å². The van der Waals surface area contributed by atoms with Gasteiger partial charge in [-0.1, -0.05) is 60.7 Å². The lowest BCUT2D eigenvalue weighted by molar-refractivity contribution is 0.0734. The summed E-state index contributed by atoms with van der Waals surface area (Å²) in [6.45, 7) is 0. The van der Waals surface area contributed by atoms with Crippen LogP contribution in [0.3, 0.4) is 0 Å². The van der Waals surface area contributed by atoms with Gasteiger partial charge in [-0.2, -0.15) is 0 Å². The lowest BCUT2D eigenvalue weighted by Crippen LogP contribution is -2.14. The Kier molecular flexibility index (Phi) is 9.42. The highest BCUT2D eigenvalue weighted by atomic mass is 19.2. The van der Waals surface area contributed by atoms with Crippen molar-refractivity contribution in [1.29, 1.82) is 0 Å².